The van der Waals surface area contributed by atoms with Crippen molar-refractivity contribution < 1.29 is 0 Å². The first kappa shape index (κ1) is 11.7. The Kier molecular flexibility index (Phi) is 6.14. The van der Waals surface area contributed by atoms with Gasteiger partial charge in [0.25, 0.3) is 0 Å². The fourth-order valence-corrected chi connectivity index (χ4v) is 1.10. The molecule has 0 nitrogen and oxygen atoms in total. The number of rotatable bonds is 5. The van der Waals surface area contributed by atoms with Crippen molar-refractivity contribution in [3.05, 3.63) is 12.2 Å². The van der Waals surface area contributed by atoms with Crippen LogP contribution in [0.3, 0.4) is 0 Å². The zero-order valence-electron chi connectivity index (χ0n) is 9.30. The van der Waals surface area contributed by atoms with Crippen LogP contribution in [0, 0.1) is 17.8 Å². The van der Waals surface area contributed by atoms with Gasteiger partial charge in [-0.2, -0.15) is 0 Å². The van der Waals surface area contributed by atoms with E-state index in [-0.39, 0.29) is 0 Å². The van der Waals surface area contributed by atoms with Gasteiger partial charge in [0.2, 0.25) is 0 Å². The molecule has 0 aromatic rings. The van der Waals surface area contributed by atoms with E-state index in [1.807, 2.05) is 0 Å². The highest BCUT2D eigenvalue weighted by molar-refractivity contribution is 4.88. The fourth-order valence-electron chi connectivity index (χ4n) is 1.10. The van der Waals surface area contributed by atoms with Gasteiger partial charge in [0, 0.05) is 0 Å². The molecule has 0 unspecified atom stereocenters. The molecule has 0 heteroatoms. The fraction of sp³-hybridized carbons (Fsp3) is 0.833. The largest absolute Gasteiger partial charge is 0.0857 e. The Morgan fingerprint density at radius 1 is 0.833 bits per heavy atom. The Morgan fingerprint density at radius 3 is 1.83 bits per heavy atom. The van der Waals surface area contributed by atoms with Gasteiger partial charge in [0.05, 0.1) is 0 Å². The minimum atomic E-state index is 0.700. The van der Waals surface area contributed by atoms with Gasteiger partial charge >= 0.3 is 0 Å². The van der Waals surface area contributed by atoms with E-state index in [4.69, 9.17) is 0 Å². The summed E-state index contributed by atoms with van der Waals surface area (Å²) in [5.41, 5.74) is 0. The van der Waals surface area contributed by atoms with E-state index in [9.17, 15) is 0 Å². The predicted molar refractivity (Wildman–Crippen MR) is 57.2 cm³/mol. The molecule has 0 bridgehead atoms. The molecule has 0 aromatic heterocycles. The average molecular weight is 168 g/mol. The molecular weight excluding hydrogens is 144 g/mol. The van der Waals surface area contributed by atoms with Crippen molar-refractivity contribution in [3.8, 4) is 0 Å². The Bertz CT molecular complexity index is 120. The maximum Gasteiger partial charge on any atom is -0.0262 e. The van der Waals surface area contributed by atoms with Crippen molar-refractivity contribution in [1.29, 1.82) is 0 Å². The molecule has 12 heavy (non-hydrogen) atoms. The molecule has 0 radical (unpaired) electrons. The Labute approximate surface area is 78.1 Å². The molecule has 0 spiro atoms. The van der Waals surface area contributed by atoms with Gasteiger partial charge < -0.3 is 0 Å². The molecule has 0 aliphatic carbocycles. The zero-order chi connectivity index (χ0) is 9.56. The third kappa shape index (κ3) is 7.84. The monoisotopic (exact) mass is 168 g/mol. The van der Waals surface area contributed by atoms with Crippen molar-refractivity contribution in [1.82, 2.24) is 0 Å². The smallest absolute Gasteiger partial charge is 0.0262 e. The van der Waals surface area contributed by atoms with Crippen LogP contribution in [0.1, 0.15) is 47.5 Å². The lowest BCUT2D eigenvalue weighted by atomic mass is 9.98. The highest BCUT2D eigenvalue weighted by Gasteiger charge is 1.99. The molecular formula is C12H24. The van der Waals surface area contributed by atoms with Gasteiger partial charge in [-0.25, -0.2) is 0 Å². The maximum atomic E-state index is 2.35. The van der Waals surface area contributed by atoms with E-state index in [1.54, 1.807) is 0 Å². The molecule has 72 valence electrons. The average Bonchev–Trinajstić information content (AvgIpc) is 1.96. The van der Waals surface area contributed by atoms with Crippen LogP contribution >= 0.6 is 0 Å². The zero-order valence-corrected chi connectivity index (χ0v) is 9.30. The van der Waals surface area contributed by atoms with Gasteiger partial charge in [-0.15, -0.1) is 0 Å². The lowest BCUT2D eigenvalue weighted by Crippen LogP contribution is -1.95. The summed E-state index contributed by atoms with van der Waals surface area (Å²) in [4.78, 5) is 0. The molecule has 0 rings (SSSR count). The van der Waals surface area contributed by atoms with Gasteiger partial charge in [0.15, 0.2) is 0 Å². The van der Waals surface area contributed by atoms with E-state index in [0.717, 1.165) is 11.8 Å². The van der Waals surface area contributed by atoms with E-state index >= 15 is 0 Å². The summed E-state index contributed by atoms with van der Waals surface area (Å²) in [7, 11) is 0. The molecule has 0 N–H and O–H groups in total. The van der Waals surface area contributed by atoms with Crippen LogP contribution in [0.5, 0.6) is 0 Å². The maximum absolute atomic E-state index is 2.35. The normalized spacial score (nSPS) is 14.9. The van der Waals surface area contributed by atoms with Crippen LogP contribution in [-0.4, -0.2) is 0 Å². The van der Waals surface area contributed by atoms with E-state index in [0.29, 0.717) is 5.92 Å². The molecule has 0 aliphatic rings. The van der Waals surface area contributed by atoms with Crippen LogP contribution in [0.4, 0.5) is 0 Å². The predicted octanol–water partition coefficient (Wildman–Crippen LogP) is 4.27. The standard InChI is InChI=1S/C12H24/c1-10(2)6-8-12(5)9-7-11(3)4/h6,8,10-12H,7,9H2,1-5H3/b8-6-/t12-/m1/s1. The highest BCUT2D eigenvalue weighted by Crippen LogP contribution is 2.13. The lowest BCUT2D eigenvalue weighted by Gasteiger charge is -2.08. The Hall–Kier alpha value is -0.260. The first-order valence-electron chi connectivity index (χ1n) is 5.20. The van der Waals surface area contributed by atoms with Crippen molar-refractivity contribution in [2.75, 3.05) is 0 Å². The minimum Gasteiger partial charge on any atom is -0.0857 e. The third-order valence-electron chi connectivity index (χ3n) is 2.02. The molecule has 0 saturated carbocycles. The molecule has 0 fully saturated rings. The van der Waals surface area contributed by atoms with Crippen LogP contribution in [0.25, 0.3) is 0 Å². The quantitative estimate of drug-likeness (QED) is 0.538. The van der Waals surface area contributed by atoms with Gasteiger partial charge in [0.1, 0.15) is 0 Å². The van der Waals surface area contributed by atoms with Crippen molar-refractivity contribution in [2.45, 2.75) is 47.5 Å². The third-order valence-corrected chi connectivity index (χ3v) is 2.02. The molecule has 0 amide bonds. The van der Waals surface area contributed by atoms with E-state index in [1.165, 1.54) is 12.8 Å². The summed E-state index contributed by atoms with van der Waals surface area (Å²) in [5.74, 6) is 2.31. The highest BCUT2D eigenvalue weighted by atomic mass is 14.1. The summed E-state index contributed by atoms with van der Waals surface area (Å²) in [5, 5.41) is 0. The van der Waals surface area contributed by atoms with Gasteiger partial charge in [-0.05, 0) is 24.2 Å². The van der Waals surface area contributed by atoms with Gasteiger partial charge in [-0.3, -0.25) is 0 Å². The summed E-state index contributed by atoms with van der Waals surface area (Å²) >= 11 is 0. The topological polar surface area (TPSA) is 0 Å². The van der Waals surface area contributed by atoms with Crippen LogP contribution < -0.4 is 0 Å². The summed E-state index contributed by atoms with van der Waals surface area (Å²) in [6.45, 7) is 11.3. The lowest BCUT2D eigenvalue weighted by molar-refractivity contribution is 0.501. The molecule has 0 heterocycles. The summed E-state index contributed by atoms with van der Waals surface area (Å²) in [6.07, 6.45) is 7.35. The van der Waals surface area contributed by atoms with Crippen LogP contribution in [-0.2, 0) is 0 Å². The van der Waals surface area contributed by atoms with Crippen molar-refractivity contribution in [2.24, 2.45) is 17.8 Å². The minimum absolute atomic E-state index is 0.700. The van der Waals surface area contributed by atoms with Gasteiger partial charge in [-0.1, -0.05) is 53.2 Å². The first-order valence-corrected chi connectivity index (χ1v) is 5.20. The number of allylic oxidation sites excluding steroid dienone is 2. The number of hydrogen-bond donors (Lipinski definition) is 0. The number of hydrogen-bond acceptors (Lipinski definition) is 0. The molecule has 0 aromatic carbocycles. The van der Waals surface area contributed by atoms with Crippen molar-refractivity contribution >= 4 is 0 Å². The molecule has 1 atom stereocenters. The summed E-state index contributed by atoms with van der Waals surface area (Å²) < 4.78 is 0. The van der Waals surface area contributed by atoms with Crippen LogP contribution in [0.15, 0.2) is 12.2 Å². The second-order valence-corrected chi connectivity index (χ2v) is 4.58. The second kappa shape index (κ2) is 6.28. The molecule has 0 aliphatic heterocycles. The second-order valence-electron chi connectivity index (χ2n) is 4.58. The SMILES string of the molecule is CC(C)/C=C\[C@@H](C)CCC(C)C. The van der Waals surface area contributed by atoms with Crippen LogP contribution in [0.2, 0.25) is 0 Å². The van der Waals surface area contributed by atoms with E-state index in [2.05, 4.69) is 46.8 Å². The molecule has 0 saturated heterocycles. The first-order chi connectivity index (χ1) is 5.52. The Balaban J connectivity index is 3.52. The van der Waals surface area contributed by atoms with Crippen molar-refractivity contribution in [3.63, 3.8) is 0 Å². The summed E-state index contributed by atoms with van der Waals surface area (Å²) in [6, 6.07) is 0. The van der Waals surface area contributed by atoms with E-state index < -0.39 is 0 Å². The Morgan fingerprint density at radius 2 is 1.42 bits per heavy atom.